The number of nitrogens with one attached hydrogen (secondary N) is 1. The van der Waals surface area contributed by atoms with Crippen LogP contribution in [0.25, 0.3) is 11.6 Å². The standard InChI is InChI=1S/C13H17N3O/c1-5-10-9(3)15-13(16-12(10)14-4)11-7-6-8(2)17-11/h6-7H,5H2,1-4H3,(H,14,15,16). The van der Waals surface area contributed by atoms with Gasteiger partial charge >= 0.3 is 0 Å². The number of rotatable bonds is 3. The summed E-state index contributed by atoms with van der Waals surface area (Å²) in [5.41, 5.74) is 2.15. The summed E-state index contributed by atoms with van der Waals surface area (Å²) in [6.45, 7) is 6.01. The first-order valence-electron chi connectivity index (χ1n) is 5.77. The van der Waals surface area contributed by atoms with E-state index in [0.717, 1.165) is 29.3 Å². The highest BCUT2D eigenvalue weighted by Crippen LogP contribution is 2.23. The summed E-state index contributed by atoms with van der Waals surface area (Å²) in [6.07, 6.45) is 0.916. The van der Waals surface area contributed by atoms with Crippen molar-refractivity contribution in [2.45, 2.75) is 27.2 Å². The van der Waals surface area contributed by atoms with E-state index in [4.69, 9.17) is 4.42 Å². The molecule has 0 aromatic carbocycles. The SMILES string of the molecule is CCc1c(C)nc(-c2ccc(C)o2)nc1NC. The van der Waals surface area contributed by atoms with Crippen molar-refractivity contribution in [1.29, 1.82) is 0 Å². The van der Waals surface area contributed by atoms with Crippen LogP contribution in [0.2, 0.25) is 0 Å². The molecule has 2 rings (SSSR count). The summed E-state index contributed by atoms with van der Waals surface area (Å²) < 4.78 is 5.54. The summed E-state index contributed by atoms with van der Waals surface area (Å²) in [7, 11) is 1.87. The van der Waals surface area contributed by atoms with Gasteiger partial charge in [0.2, 0.25) is 0 Å². The first-order chi connectivity index (χ1) is 8.15. The molecule has 0 bridgehead atoms. The zero-order chi connectivity index (χ0) is 12.4. The van der Waals surface area contributed by atoms with Crippen LogP contribution >= 0.6 is 0 Å². The molecule has 0 fully saturated rings. The molecule has 0 aliphatic heterocycles. The Balaban J connectivity index is 2.53. The van der Waals surface area contributed by atoms with Crippen LogP contribution in [-0.2, 0) is 6.42 Å². The van der Waals surface area contributed by atoms with Crippen molar-refractivity contribution in [3.05, 3.63) is 29.2 Å². The van der Waals surface area contributed by atoms with E-state index < -0.39 is 0 Å². The van der Waals surface area contributed by atoms with Crippen LogP contribution in [0.4, 0.5) is 5.82 Å². The molecular weight excluding hydrogens is 214 g/mol. The van der Waals surface area contributed by atoms with E-state index in [9.17, 15) is 0 Å². The minimum atomic E-state index is 0.636. The highest BCUT2D eigenvalue weighted by atomic mass is 16.3. The zero-order valence-corrected chi connectivity index (χ0v) is 10.7. The van der Waals surface area contributed by atoms with Gasteiger partial charge in [-0.15, -0.1) is 0 Å². The quantitative estimate of drug-likeness (QED) is 0.882. The predicted octanol–water partition coefficient (Wildman–Crippen LogP) is 2.96. The molecule has 0 saturated heterocycles. The van der Waals surface area contributed by atoms with Crippen LogP contribution in [0, 0.1) is 13.8 Å². The second-order valence-electron chi connectivity index (χ2n) is 3.97. The van der Waals surface area contributed by atoms with E-state index in [-0.39, 0.29) is 0 Å². The van der Waals surface area contributed by atoms with E-state index in [2.05, 4.69) is 22.2 Å². The van der Waals surface area contributed by atoms with Gasteiger partial charge in [0, 0.05) is 18.3 Å². The molecule has 4 heteroatoms. The van der Waals surface area contributed by atoms with Crippen molar-refractivity contribution in [1.82, 2.24) is 9.97 Å². The number of furan rings is 1. The molecule has 1 N–H and O–H groups in total. The van der Waals surface area contributed by atoms with Crippen molar-refractivity contribution in [3.8, 4) is 11.6 Å². The third-order valence-electron chi connectivity index (χ3n) is 2.76. The molecule has 2 heterocycles. The maximum Gasteiger partial charge on any atom is 0.197 e. The van der Waals surface area contributed by atoms with E-state index >= 15 is 0 Å². The van der Waals surface area contributed by atoms with Gasteiger partial charge in [-0.1, -0.05) is 6.92 Å². The maximum absolute atomic E-state index is 5.54. The van der Waals surface area contributed by atoms with Gasteiger partial charge in [-0.3, -0.25) is 0 Å². The van der Waals surface area contributed by atoms with Gasteiger partial charge in [0.25, 0.3) is 0 Å². The van der Waals surface area contributed by atoms with Gasteiger partial charge in [-0.2, -0.15) is 0 Å². The van der Waals surface area contributed by atoms with Gasteiger partial charge in [0.15, 0.2) is 11.6 Å². The molecule has 0 radical (unpaired) electrons. The number of nitrogens with zero attached hydrogens (tertiary/aromatic N) is 2. The smallest absolute Gasteiger partial charge is 0.197 e. The molecule has 2 aromatic rings. The minimum absolute atomic E-state index is 0.636. The van der Waals surface area contributed by atoms with Crippen LogP contribution in [0.1, 0.15) is 23.9 Å². The van der Waals surface area contributed by atoms with E-state index in [1.54, 1.807) is 0 Å². The molecule has 17 heavy (non-hydrogen) atoms. The van der Waals surface area contributed by atoms with E-state index in [1.165, 1.54) is 0 Å². The Bertz CT molecular complexity index is 531. The lowest BCUT2D eigenvalue weighted by Crippen LogP contribution is -2.04. The molecule has 0 aliphatic carbocycles. The molecule has 0 amide bonds. The highest BCUT2D eigenvalue weighted by molar-refractivity contribution is 5.55. The van der Waals surface area contributed by atoms with Crippen LogP contribution in [0.3, 0.4) is 0 Å². The lowest BCUT2D eigenvalue weighted by molar-refractivity contribution is 0.544. The van der Waals surface area contributed by atoms with Gasteiger partial charge in [0.1, 0.15) is 11.6 Å². The summed E-state index contributed by atoms with van der Waals surface area (Å²) in [5.74, 6) is 3.10. The van der Waals surface area contributed by atoms with Gasteiger partial charge < -0.3 is 9.73 Å². The normalized spacial score (nSPS) is 10.6. The second kappa shape index (κ2) is 4.57. The molecule has 0 saturated carbocycles. The predicted molar refractivity (Wildman–Crippen MR) is 68.1 cm³/mol. The first-order valence-corrected chi connectivity index (χ1v) is 5.77. The molecule has 90 valence electrons. The third kappa shape index (κ3) is 2.16. The van der Waals surface area contributed by atoms with Crippen molar-refractivity contribution in [2.24, 2.45) is 0 Å². The van der Waals surface area contributed by atoms with Crippen molar-refractivity contribution in [3.63, 3.8) is 0 Å². The Morgan fingerprint density at radius 1 is 1.24 bits per heavy atom. The Labute approximate surface area is 101 Å². The number of hydrogen-bond acceptors (Lipinski definition) is 4. The molecular formula is C13H17N3O. The number of hydrogen-bond donors (Lipinski definition) is 1. The Hall–Kier alpha value is -1.84. The third-order valence-corrected chi connectivity index (χ3v) is 2.76. The lowest BCUT2D eigenvalue weighted by Gasteiger charge is -2.10. The monoisotopic (exact) mass is 231 g/mol. The molecule has 4 nitrogen and oxygen atoms in total. The Morgan fingerprint density at radius 2 is 2.00 bits per heavy atom. The van der Waals surface area contributed by atoms with Crippen molar-refractivity contribution < 1.29 is 4.42 Å². The molecule has 0 spiro atoms. The van der Waals surface area contributed by atoms with Crippen molar-refractivity contribution >= 4 is 5.82 Å². The van der Waals surface area contributed by atoms with Crippen LogP contribution in [-0.4, -0.2) is 17.0 Å². The van der Waals surface area contributed by atoms with Crippen LogP contribution in [0.15, 0.2) is 16.5 Å². The van der Waals surface area contributed by atoms with Gasteiger partial charge in [-0.25, -0.2) is 9.97 Å². The molecule has 2 aromatic heterocycles. The Kier molecular flexibility index (Phi) is 3.13. The summed E-state index contributed by atoms with van der Waals surface area (Å²) >= 11 is 0. The molecule has 0 unspecified atom stereocenters. The van der Waals surface area contributed by atoms with Gasteiger partial charge in [-0.05, 0) is 32.4 Å². The summed E-state index contributed by atoms with van der Waals surface area (Å²) in [6, 6.07) is 3.82. The van der Waals surface area contributed by atoms with Crippen LogP contribution < -0.4 is 5.32 Å². The minimum Gasteiger partial charge on any atom is -0.458 e. The number of aromatic nitrogens is 2. The zero-order valence-electron chi connectivity index (χ0n) is 10.7. The van der Waals surface area contributed by atoms with E-state index in [1.807, 2.05) is 33.0 Å². The fourth-order valence-corrected chi connectivity index (χ4v) is 1.89. The molecule has 0 atom stereocenters. The van der Waals surface area contributed by atoms with Crippen LogP contribution in [0.5, 0.6) is 0 Å². The second-order valence-corrected chi connectivity index (χ2v) is 3.97. The van der Waals surface area contributed by atoms with Gasteiger partial charge in [0.05, 0.1) is 0 Å². The summed E-state index contributed by atoms with van der Waals surface area (Å²) in [4.78, 5) is 8.98. The average molecular weight is 231 g/mol. The highest BCUT2D eigenvalue weighted by Gasteiger charge is 2.12. The Morgan fingerprint density at radius 3 is 2.53 bits per heavy atom. The number of aryl methyl sites for hydroxylation is 2. The fourth-order valence-electron chi connectivity index (χ4n) is 1.89. The topological polar surface area (TPSA) is 51.0 Å². The number of anilines is 1. The summed E-state index contributed by atoms with van der Waals surface area (Å²) in [5, 5.41) is 3.11. The maximum atomic E-state index is 5.54. The largest absolute Gasteiger partial charge is 0.458 e. The average Bonchev–Trinajstić information content (AvgIpc) is 2.74. The molecule has 0 aliphatic rings. The fraction of sp³-hybridized carbons (Fsp3) is 0.385. The van der Waals surface area contributed by atoms with Crippen molar-refractivity contribution in [2.75, 3.05) is 12.4 Å². The first kappa shape index (κ1) is 11.6. The lowest BCUT2D eigenvalue weighted by atomic mass is 10.1. The van der Waals surface area contributed by atoms with E-state index in [0.29, 0.717) is 11.6 Å².